The van der Waals surface area contributed by atoms with Crippen LogP contribution in [0.5, 0.6) is 11.5 Å². The van der Waals surface area contributed by atoms with Crippen molar-refractivity contribution in [1.82, 2.24) is 0 Å². The molecule has 0 fully saturated rings. The Bertz CT molecular complexity index is 927. The third-order valence-electron chi connectivity index (χ3n) is 3.77. The number of nitro benzene ring substituents is 1. The molecule has 0 aliphatic heterocycles. The molecule has 0 aromatic heterocycles. The molecule has 0 spiro atoms. The number of sulfone groups is 1. The molecule has 2 aromatic rings. The van der Waals surface area contributed by atoms with Crippen LogP contribution in [0.2, 0.25) is 0 Å². The number of ether oxygens (including phenoxy) is 2. The van der Waals surface area contributed by atoms with E-state index in [1.54, 1.807) is 19.2 Å². The van der Waals surface area contributed by atoms with Crippen LogP contribution < -0.4 is 14.8 Å². The smallest absolute Gasteiger partial charge is 0.293 e. The van der Waals surface area contributed by atoms with Gasteiger partial charge in [0.2, 0.25) is 0 Å². The highest BCUT2D eigenvalue weighted by atomic mass is 32.2. The van der Waals surface area contributed by atoms with Gasteiger partial charge in [-0.15, -0.1) is 0 Å². The average molecular weight is 394 g/mol. The predicted molar refractivity (Wildman–Crippen MR) is 102 cm³/mol. The van der Waals surface area contributed by atoms with Gasteiger partial charge in [-0.05, 0) is 36.2 Å². The van der Waals surface area contributed by atoms with Gasteiger partial charge in [-0.3, -0.25) is 10.1 Å². The summed E-state index contributed by atoms with van der Waals surface area (Å²) in [6.45, 7) is 2.88. The number of hydrogen-bond acceptors (Lipinski definition) is 7. The molecule has 0 saturated carbocycles. The van der Waals surface area contributed by atoms with Gasteiger partial charge in [0, 0.05) is 18.9 Å². The summed E-state index contributed by atoms with van der Waals surface area (Å²) in [6.07, 6.45) is 1.88. The summed E-state index contributed by atoms with van der Waals surface area (Å²) in [5.74, 6) is 1.20. The zero-order chi connectivity index (χ0) is 20.0. The molecule has 8 nitrogen and oxygen atoms in total. The predicted octanol–water partition coefficient (Wildman–Crippen LogP) is 3.41. The van der Waals surface area contributed by atoms with Gasteiger partial charge in [-0.2, -0.15) is 0 Å². The fourth-order valence-electron chi connectivity index (χ4n) is 2.39. The molecule has 0 aliphatic carbocycles. The molecule has 2 aromatic carbocycles. The van der Waals surface area contributed by atoms with Crippen LogP contribution in [0.1, 0.15) is 18.9 Å². The van der Waals surface area contributed by atoms with Crippen LogP contribution in [0, 0.1) is 10.1 Å². The third kappa shape index (κ3) is 5.33. The van der Waals surface area contributed by atoms with Gasteiger partial charge in [0.25, 0.3) is 5.69 Å². The monoisotopic (exact) mass is 394 g/mol. The molecular formula is C18H22N2O6S. The number of rotatable bonds is 9. The Balaban J connectivity index is 2.22. The fourth-order valence-corrected chi connectivity index (χ4v) is 3.03. The summed E-state index contributed by atoms with van der Waals surface area (Å²) in [5.41, 5.74) is 0.766. The zero-order valence-corrected chi connectivity index (χ0v) is 16.2. The van der Waals surface area contributed by atoms with Gasteiger partial charge in [0.15, 0.2) is 21.3 Å². The highest BCUT2D eigenvalue weighted by Gasteiger charge is 2.18. The second-order valence-corrected chi connectivity index (χ2v) is 7.91. The lowest BCUT2D eigenvalue weighted by atomic mass is 10.2. The van der Waals surface area contributed by atoms with Crippen molar-refractivity contribution in [2.75, 3.05) is 25.3 Å². The molecule has 9 heteroatoms. The van der Waals surface area contributed by atoms with E-state index < -0.39 is 14.8 Å². The fraction of sp³-hybridized carbons (Fsp3) is 0.333. The number of nitro groups is 1. The summed E-state index contributed by atoms with van der Waals surface area (Å²) in [5, 5.41) is 14.3. The molecule has 0 unspecified atom stereocenters. The Kier molecular flexibility index (Phi) is 6.62. The number of methoxy groups -OCH3 is 1. The van der Waals surface area contributed by atoms with Crippen molar-refractivity contribution in [2.24, 2.45) is 0 Å². The van der Waals surface area contributed by atoms with E-state index in [0.717, 1.165) is 24.3 Å². The Labute approximate surface area is 158 Å². The van der Waals surface area contributed by atoms with E-state index in [0.29, 0.717) is 24.7 Å². The van der Waals surface area contributed by atoms with E-state index in [4.69, 9.17) is 9.47 Å². The van der Waals surface area contributed by atoms with Crippen LogP contribution in [0.25, 0.3) is 0 Å². The molecule has 0 atom stereocenters. The molecule has 0 saturated heterocycles. The molecule has 0 radical (unpaired) electrons. The van der Waals surface area contributed by atoms with Gasteiger partial charge in [0.05, 0.1) is 23.5 Å². The summed E-state index contributed by atoms with van der Waals surface area (Å²) < 4.78 is 34.1. The van der Waals surface area contributed by atoms with Crippen LogP contribution >= 0.6 is 0 Å². The molecule has 2 rings (SSSR count). The van der Waals surface area contributed by atoms with Gasteiger partial charge in [-0.25, -0.2) is 8.42 Å². The minimum Gasteiger partial charge on any atom is -0.493 e. The first-order chi connectivity index (χ1) is 12.8. The molecule has 0 bridgehead atoms. The van der Waals surface area contributed by atoms with Crippen LogP contribution in [0.3, 0.4) is 0 Å². The Hall–Kier alpha value is -2.81. The maximum absolute atomic E-state index is 11.6. The molecule has 1 N–H and O–H groups in total. The van der Waals surface area contributed by atoms with Crippen molar-refractivity contribution in [3.63, 3.8) is 0 Å². The highest BCUT2D eigenvalue weighted by molar-refractivity contribution is 7.90. The van der Waals surface area contributed by atoms with E-state index in [9.17, 15) is 18.5 Å². The van der Waals surface area contributed by atoms with E-state index in [-0.39, 0.29) is 16.3 Å². The van der Waals surface area contributed by atoms with Gasteiger partial charge < -0.3 is 14.8 Å². The Morgan fingerprint density at radius 2 is 1.89 bits per heavy atom. The summed E-state index contributed by atoms with van der Waals surface area (Å²) >= 11 is 0. The van der Waals surface area contributed by atoms with Crippen LogP contribution in [-0.2, 0) is 16.4 Å². The van der Waals surface area contributed by atoms with Crippen LogP contribution in [0.15, 0.2) is 41.3 Å². The van der Waals surface area contributed by atoms with Crippen molar-refractivity contribution in [1.29, 1.82) is 0 Å². The van der Waals surface area contributed by atoms with E-state index >= 15 is 0 Å². The maximum Gasteiger partial charge on any atom is 0.293 e. The molecule has 27 heavy (non-hydrogen) atoms. The van der Waals surface area contributed by atoms with E-state index in [1.807, 2.05) is 13.0 Å². The van der Waals surface area contributed by atoms with Crippen molar-refractivity contribution < 1.29 is 22.8 Å². The quantitative estimate of drug-likeness (QED) is 0.513. The lowest BCUT2D eigenvalue weighted by molar-refractivity contribution is -0.384. The molecule has 0 amide bonds. The number of nitrogens with one attached hydrogen (secondary N) is 1. The first-order valence-corrected chi connectivity index (χ1v) is 10.2. The lowest BCUT2D eigenvalue weighted by Gasteiger charge is -2.13. The van der Waals surface area contributed by atoms with Gasteiger partial charge >= 0.3 is 0 Å². The van der Waals surface area contributed by atoms with Gasteiger partial charge in [0.1, 0.15) is 5.69 Å². The maximum atomic E-state index is 11.6. The minimum absolute atomic E-state index is 0.0983. The second kappa shape index (κ2) is 8.72. The number of anilines is 1. The van der Waals surface area contributed by atoms with Crippen molar-refractivity contribution in [3.8, 4) is 11.5 Å². The summed E-state index contributed by atoms with van der Waals surface area (Å²) in [6, 6.07) is 9.19. The summed E-state index contributed by atoms with van der Waals surface area (Å²) in [4.78, 5) is 10.6. The zero-order valence-electron chi connectivity index (χ0n) is 15.4. The number of nitrogens with zero attached hydrogens (tertiary/aromatic N) is 1. The van der Waals surface area contributed by atoms with Crippen molar-refractivity contribution in [3.05, 3.63) is 52.1 Å². The SMILES string of the molecule is CCCOc1ccc(CNc2ccc(S(C)(=O)=O)cc2[N+](=O)[O-])cc1OC. The van der Waals surface area contributed by atoms with Crippen LogP contribution in [-0.4, -0.2) is 33.3 Å². The number of benzene rings is 2. The molecule has 146 valence electrons. The van der Waals surface area contributed by atoms with Crippen molar-refractivity contribution >= 4 is 21.2 Å². The van der Waals surface area contributed by atoms with Crippen LogP contribution in [0.4, 0.5) is 11.4 Å². The largest absolute Gasteiger partial charge is 0.493 e. The van der Waals surface area contributed by atoms with Crippen molar-refractivity contribution in [2.45, 2.75) is 24.8 Å². The molecular weight excluding hydrogens is 372 g/mol. The number of hydrogen-bond donors (Lipinski definition) is 1. The topological polar surface area (TPSA) is 108 Å². The average Bonchev–Trinajstić information content (AvgIpc) is 2.63. The van der Waals surface area contributed by atoms with E-state index in [2.05, 4.69) is 5.32 Å². The standard InChI is InChI=1S/C18H22N2O6S/c1-4-9-26-17-8-5-13(10-18(17)25-2)12-19-15-7-6-14(27(3,23)24)11-16(15)20(21)22/h5-8,10-11,19H,4,9,12H2,1-3H3. The lowest BCUT2D eigenvalue weighted by Crippen LogP contribution is -2.05. The first kappa shape index (κ1) is 20.5. The van der Waals surface area contributed by atoms with E-state index in [1.165, 1.54) is 12.1 Å². The minimum atomic E-state index is -3.53. The Morgan fingerprint density at radius 1 is 1.15 bits per heavy atom. The second-order valence-electron chi connectivity index (χ2n) is 5.90. The molecule has 0 heterocycles. The third-order valence-corrected chi connectivity index (χ3v) is 4.88. The summed E-state index contributed by atoms with van der Waals surface area (Å²) in [7, 11) is -1.99. The Morgan fingerprint density at radius 3 is 2.48 bits per heavy atom. The highest BCUT2D eigenvalue weighted by Crippen LogP contribution is 2.30. The van der Waals surface area contributed by atoms with Gasteiger partial charge in [-0.1, -0.05) is 13.0 Å². The normalized spacial score (nSPS) is 11.1. The first-order valence-electron chi connectivity index (χ1n) is 8.28. The molecule has 0 aliphatic rings.